The highest BCUT2D eigenvalue weighted by Gasteiger charge is 2.49. The van der Waals surface area contributed by atoms with Gasteiger partial charge in [0.05, 0.1) is 24.5 Å². The van der Waals surface area contributed by atoms with Gasteiger partial charge in [0.15, 0.2) is 0 Å². The maximum Gasteiger partial charge on any atom is 0.226 e. The van der Waals surface area contributed by atoms with Crippen molar-refractivity contribution in [1.29, 1.82) is 0 Å². The average Bonchev–Trinajstić information content (AvgIpc) is 3.33. The minimum Gasteiger partial charge on any atom is -0.381 e. The van der Waals surface area contributed by atoms with E-state index >= 15 is 0 Å². The Morgan fingerprint density at radius 3 is 2.47 bits per heavy atom. The molecule has 32 heavy (non-hydrogen) atoms. The Balaban J connectivity index is 0.00000171. The third-order valence-corrected chi connectivity index (χ3v) is 6.86. The van der Waals surface area contributed by atoms with Gasteiger partial charge >= 0.3 is 0 Å². The summed E-state index contributed by atoms with van der Waals surface area (Å²) in [6.07, 6.45) is 5.01. The Kier molecular flexibility index (Phi) is 10.7. The molecule has 0 radical (unpaired) electrons. The van der Waals surface area contributed by atoms with Crippen LogP contribution in [-0.2, 0) is 9.53 Å². The summed E-state index contributed by atoms with van der Waals surface area (Å²) < 4.78 is 5.84. The topological polar surface area (TPSA) is 58.2 Å². The molecule has 1 N–H and O–H groups in total. The van der Waals surface area contributed by atoms with E-state index in [2.05, 4.69) is 54.9 Å². The summed E-state index contributed by atoms with van der Waals surface area (Å²) in [6.45, 7) is 10.7. The summed E-state index contributed by atoms with van der Waals surface area (Å²) in [5, 5.41) is 0. The monoisotopic (exact) mass is 497 g/mol. The summed E-state index contributed by atoms with van der Waals surface area (Å²) in [5.74, 6) is 1.46. The number of hydrogen-bond acceptors (Lipinski definition) is 3. The summed E-state index contributed by atoms with van der Waals surface area (Å²) in [7, 11) is 0. The van der Waals surface area contributed by atoms with Crippen molar-refractivity contribution in [3.05, 3.63) is 41.9 Å². The lowest BCUT2D eigenvalue weighted by Crippen LogP contribution is -2.40. The Labute approximate surface area is 213 Å². The van der Waals surface area contributed by atoms with Gasteiger partial charge in [-0.2, -0.15) is 40.5 Å². The number of carbonyl (C=O) groups is 1. The van der Waals surface area contributed by atoms with Gasteiger partial charge in [-0.1, -0.05) is 50.6 Å². The molecule has 2 aliphatic rings. The zero-order chi connectivity index (χ0) is 20.6. The molecule has 2 aliphatic heterocycles. The lowest BCUT2D eigenvalue weighted by atomic mass is 9.80. The normalized spacial score (nSPS) is 23.3. The van der Waals surface area contributed by atoms with Crippen LogP contribution in [0.4, 0.5) is 0 Å². The highest BCUT2D eigenvalue weighted by Crippen LogP contribution is 2.47. The van der Waals surface area contributed by atoms with Gasteiger partial charge in [-0.3, -0.25) is 4.79 Å². The van der Waals surface area contributed by atoms with Crippen LogP contribution in [0.2, 0.25) is 0 Å². The van der Waals surface area contributed by atoms with E-state index in [1.54, 1.807) is 0 Å². The molecule has 180 valence electrons. The first-order valence-electron chi connectivity index (χ1n) is 10.9. The molecule has 1 spiro atoms. The summed E-state index contributed by atoms with van der Waals surface area (Å²) >= 11 is 0. The zero-order valence-electron chi connectivity index (χ0n) is 19.6. The number of rotatable bonds is 4. The van der Waals surface area contributed by atoms with Crippen molar-refractivity contribution in [2.45, 2.75) is 53.0 Å². The number of aromatic nitrogens is 2. The standard InChI is InChI=1S/C24H33N3O2.3H2S/c1-16(2)18(4)23(28)27-14-24(10-5-11-29-15-24)12-21(27)22-25-13-20(26-22)19-8-6-17(3)7-9-19;;;/h6-9,13,16,18,21H,5,10-12,14-15H2,1-4H3,(H,25,26);3*1H2/t18-,21-,24-;;;/m0.../s1. The molecular weight excluding hydrogens is 458 g/mol. The molecule has 2 fully saturated rings. The van der Waals surface area contributed by atoms with Crippen molar-refractivity contribution in [3.8, 4) is 11.3 Å². The number of aromatic amines is 1. The number of nitrogens with one attached hydrogen (secondary N) is 1. The molecule has 0 aliphatic carbocycles. The van der Waals surface area contributed by atoms with Gasteiger partial charge in [0.2, 0.25) is 5.91 Å². The van der Waals surface area contributed by atoms with Crippen LogP contribution in [0.1, 0.15) is 57.5 Å². The zero-order valence-corrected chi connectivity index (χ0v) is 22.6. The molecule has 2 aromatic rings. The van der Waals surface area contributed by atoms with Crippen LogP contribution in [0.15, 0.2) is 30.5 Å². The Morgan fingerprint density at radius 2 is 1.88 bits per heavy atom. The molecule has 2 saturated heterocycles. The maximum atomic E-state index is 13.4. The lowest BCUT2D eigenvalue weighted by molar-refractivity contribution is -0.138. The SMILES string of the molecule is Cc1ccc(-c2cnc([C@@H]3C[C@@]4(CCCOC4)CN3C(=O)[C@@H](C)C(C)C)[nH]2)cc1.S.S.S. The third-order valence-electron chi connectivity index (χ3n) is 6.86. The number of aryl methyl sites for hydroxylation is 1. The number of amides is 1. The Morgan fingerprint density at radius 1 is 1.19 bits per heavy atom. The van der Waals surface area contributed by atoms with Crippen LogP contribution in [-0.4, -0.2) is 40.5 Å². The molecule has 1 aromatic carbocycles. The number of hydrogen-bond donors (Lipinski definition) is 1. The fourth-order valence-electron chi connectivity index (χ4n) is 4.66. The molecule has 3 atom stereocenters. The van der Waals surface area contributed by atoms with Crippen LogP contribution in [0.25, 0.3) is 11.3 Å². The molecule has 0 bridgehead atoms. The smallest absolute Gasteiger partial charge is 0.226 e. The van der Waals surface area contributed by atoms with E-state index in [1.807, 2.05) is 13.1 Å². The highest BCUT2D eigenvalue weighted by atomic mass is 32.1. The van der Waals surface area contributed by atoms with Crippen molar-refractivity contribution in [2.24, 2.45) is 17.3 Å². The van der Waals surface area contributed by atoms with Crippen molar-refractivity contribution in [1.82, 2.24) is 14.9 Å². The van der Waals surface area contributed by atoms with Gasteiger partial charge in [0.25, 0.3) is 0 Å². The quantitative estimate of drug-likeness (QED) is 0.640. The van der Waals surface area contributed by atoms with E-state index in [0.29, 0.717) is 5.92 Å². The molecule has 3 heterocycles. The molecule has 4 rings (SSSR count). The van der Waals surface area contributed by atoms with Crippen LogP contribution in [0, 0.1) is 24.2 Å². The van der Waals surface area contributed by atoms with E-state index in [9.17, 15) is 4.79 Å². The predicted molar refractivity (Wildman–Crippen MR) is 145 cm³/mol. The van der Waals surface area contributed by atoms with Gasteiger partial charge in [-0.05, 0) is 37.7 Å². The second-order valence-electron chi connectivity index (χ2n) is 9.42. The first-order chi connectivity index (χ1) is 13.9. The van der Waals surface area contributed by atoms with Gasteiger partial charge < -0.3 is 14.6 Å². The first-order valence-corrected chi connectivity index (χ1v) is 10.9. The number of carbonyl (C=O) groups excluding carboxylic acids is 1. The molecule has 5 nitrogen and oxygen atoms in total. The number of likely N-dealkylation sites (tertiary alicyclic amines) is 1. The summed E-state index contributed by atoms with van der Waals surface area (Å²) in [4.78, 5) is 23.7. The second-order valence-corrected chi connectivity index (χ2v) is 9.42. The molecule has 1 amide bonds. The van der Waals surface area contributed by atoms with E-state index in [-0.39, 0.29) is 63.8 Å². The van der Waals surface area contributed by atoms with Crippen molar-refractivity contribution in [3.63, 3.8) is 0 Å². The van der Waals surface area contributed by atoms with Crippen molar-refractivity contribution < 1.29 is 9.53 Å². The minimum absolute atomic E-state index is 0. The minimum atomic E-state index is -0.00963. The largest absolute Gasteiger partial charge is 0.381 e. The lowest BCUT2D eigenvalue weighted by Gasteiger charge is -2.33. The fraction of sp³-hybridized carbons (Fsp3) is 0.583. The van der Waals surface area contributed by atoms with Crippen LogP contribution in [0.3, 0.4) is 0 Å². The van der Waals surface area contributed by atoms with Gasteiger partial charge in [0.1, 0.15) is 5.82 Å². The van der Waals surface area contributed by atoms with E-state index in [4.69, 9.17) is 9.72 Å². The summed E-state index contributed by atoms with van der Waals surface area (Å²) in [5.41, 5.74) is 3.43. The summed E-state index contributed by atoms with van der Waals surface area (Å²) in [6, 6.07) is 8.44. The second kappa shape index (κ2) is 11.9. The fourth-order valence-corrected chi connectivity index (χ4v) is 4.66. The van der Waals surface area contributed by atoms with Gasteiger partial charge in [-0.25, -0.2) is 4.98 Å². The maximum absolute atomic E-state index is 13.4. The van der Waals surface area contributed by atoms with Crippen molar-refractivity contribution >= 4 is 46.4 Å². The molecule has 8 heteroatoms. The van der Waals surface area contributed by atoms with Crippen LogP contribution < -0.4 is 0 Å². The van der Waals surface area contributed by atoms with Crippen LogP contribution in [0.5, 0.6) is 0 Å². The highest BCUT2D eigenvalue weighted by molar-refractivity contribution is 7.59. The number of ether oxygens (including phenoxy) is 1. The third kappa shape index (κ3) is 5.88. The number of benzene rings is 1. The van der Waals surface area contributed by atoms with Gasteiger partial charge in [-0.15, -0.1) is 0 Å². The Bertz CT molecular complexity index is 864. The van der Waals surface area contributed by atoms with Crippen molar-refractivity contribution in [2.75, 3.05) is 19.8 Å². The molecular formula is C24H39N3O2S3. The van der Waals surface area contributed by atoms with E-state index < -0.39 is 0 Å². The number of imidazole rings is 1. The van der Waals surface area contributed by atoms with Gasteiger partial charge in [0, 0.05) is 24.5 Å². The molecule has 0 unspecified atom stereocenters. The Hall–Kier alpha value is -1.09. The average molecular weight is 498 g/mol. The van der Waals surface area contributed by atoms with E-state index in [0.717, 1.165) is 56.1 Å². The number of H-pyrrole nitrogens is 1. The predicted octanol–water partition coefficient (Wildman–Crippen LogP) is 5.09. The first kappa shape index (κ1) is 28.9. The molecule has 1 aromatic heterocycles. The number of nitrogens with zero attached hydrogens (tertiary/aromatic N) is 2. The molecule has 0 saturated carbocycles. The van der Waals surface area contributed by atoms with Crippen LogP contribution >= 0.6 is 40.5 Å². The van der Waals surface area contributed by atoms with E-state index in [1.165, 1.54) is 5.56 Å².